The lowest BCUT2D eigenvalue weighted by atomic mass is 10.1. The zero-order chi connectivity index (χ0) is 14.4. The summed E-state index contributed by atoms with van der Waals surface area (Å²) in [6, 6.07) is 6.52. The molecular formula is C15H13F2NO2. The van der Waals surface area contributed by atoms with E-state index in [0.717, 1.165) is 24.1 Å². The summed E-state index contributed by atoms with van der Waals surface area (Å²) < 4.78 is 31.0. The minimum atomic E-state index is -0.913. The van der Waals surface area contributed by atoms with Gasteiger partial charge in [-0.2, -0.15) is 0 Å². The van der Waals surface area contributed by atoms with Crippen molar-refractivity contribution in [2.45, 2.75) is 12.8 Å². The molecular weight excluding hydrogens is 264 g/mol. The molecule has 1 aromatic heterocycles. The predicted octanol–water partition coefficient (Wildman–Crippen LogP) is 3.15. The van der Waals surface area contributed by atoms with E-state index < -0.39 is 17.6 Å². The fourth-order valence-corrected chi connectivity index (χ4v) is 1.72. The van der Waals surface area contributed by atoms with Crippen molar-refractivity contribution in [3.63, 3.8) is 0 Å². The van der Waals surface area contributed by atoms with Gasteiger partial charge in [-0.15, -0.1) is 0 Å². The number of ether oxygens (including phenoxy) is 1. The average Bonchev–Trinajstić information content (AvgIpc) is 2.44. The molecule has 20 heavy (non-hydrogen) atoms. The molecule has 0 bridgehead atoms. The first kappa shape index (κ1) is 14.1. The molecule has 0 unspecified atom stereocenters. The van der Waals surface area contributed by atoms with E-state index >= 15 is 0 Å². The van der Waals surface area contributed by atoms with Gasteiger partial charge in [0.2, 0.25) is 0 Å². The molecule has 1 aromatic carbocycles. The number of rotatable bonds is 5. The molecule has 2 rings (SSSR count). The van der Waals surface area contributed by atoms with E-state index in [1.807, 2.05) is 12.1 Å². The van der Waals surface area contributed by atoms with Crippen LogP contribution >= 0.6 is 0 Å². The molecule has 1 heterocycles. The maximum Gasteiger partial charge on any atom is 0.341 e. The molecule has 0 radical (unpaired) electrons. The lowest BCUT2D eigenvalue weighted by molar-refractivity contribution is 0.0495. The van der Waals surface area contributed by atoms with Crippen LogP contribution in [-0.4, -0.2) is 17.6 Å². The van der Waals surface area contributed by atoms with Crippen LogP contribution < -0.4 is 0 Å². The van der Waals surface area contributed by atoms with Gasteiger partial charge in [-0.05, 0) is 42.7 Å². The molecule has 0 aliphatic rings. The number of benzene rings is 1. The Kier molecular flexibility index (Phi) is 4.76. The number of aryl methyl sites for hydroxylation is 1. The Morgan fingerprint density at radius 3 is 2.60 bits per heavy atom. The summed E-state index contributed by atoms with van der Waals surface area (Å²) in [5.74, 6) is -2.42. The molecule has 3 nitrogen and oxygen atoms in total. The SMILES string of the molecule is O=C(OCCCc1ccncc1)c1ccc(F)cc1F. The van der Waals surface area contributed by atoms with E-state index in [1.54, 1.807) is 12.4 Å². The Hall–Kier alpha value is -2.30. The Labute approximate surface area is 115 Å². The topological polar surface area (TPSA) is 39.2 Å². The van der Waals surface area contributed by atoms with Crippen LogP contribution in [0.25, 0.3) is 0 Å². The Morgan fingerprint density at radius 2 is 1.90 bits per heavy atom. The van der Waals surface area contributed by atoms with Gasteiger partial charge in [-0.1, -0.05) is 0 Å². The molecule has 0 saturated carbocycles. The summed E-state index contributed by atoms with van der Waals surface area (Å²) in [5.41, 5.74) is 0.833. The zero-order valence-electron chi connectivity index (χ0n) is 10.7. The van der Waals surface area contributed by atoms with Gasteiger partial charge in [-0.25, -0.2) is 13.6 Å². The third-order valence-electron chi connectivity index (χ3n) is 2.74. The van der Waals surface area contributed by atoms with Crippen LogP contribution in [0.3, 0.4) is 0 Å². The van der Waals surface area contributed by atoms with Crippen molar-refractivity contribution in [1.82, 2.24) is 4.98 Å². The van der Waals surface area contributed by atoms with Crippen LogP contribution in [0.15, 0.2) is 42.7 Å². The highest BCUT2D eigenvalue weighted by Crippen LogP contribution is 2.11. The summed E-state index contributed by atoms with van der Waals surface area (Å²) in [4.78, 5) is 15.5. The summed E-state index contributed by atoms with van der Waals surface area (Å²) in [6.45, 7) is 0.179. The van der Waals surface area contributed by atoms with E-state index in [0.29, 0.717) is 12.5 Å². The van der Waals surface area contributed by atoms with Crippen LogP contribution in [0.1, 0.15) is 22.3 Å². The monoisotopic (exact) mass is 277 g/mol. The lowest BCUT2D eigenvalue weighted by Gasteiger charge is -2.06. The van der Waals surface area contributed by atoms with E-state index in [4.69, 9.17) is 4.74 Å². The minimum Gasteiger partial charge on any atom is -0.462 e. The number of halogens is 2. The van der Waals surface area contributed by atoms with Gasteiger partial charge in [-0.3, -0.25) is 4.98 Å². The molecule has 0 aliphatic heterocycles. The van der Waals surface area contributed by atoms with Crippen molar-refractivity contribution in [3.05, 3.63) is 65.5 Å². The molecule has 104 valence electrons. The number of nitrogens with zero attached hydrogens (tertiary/aromatic N) is 1. The van der Waals surface area contributed by atoms with E-state index in [1.165, 1.54) is 0 Å². The average molecular weight is 277 g/mol. The largest absolute Gasteiger partial charge is 0.462 e. The highest BCUT2D eigenvalue weighted by molar-refractivity contribution is 5.89. The maximum atomic E-state index is 13.3. The second-order valence-corrected chi connectivity index (χ2v) is 4.22. The van der Waals surface area contributed by atoms with Crippen molar-refractivity contribution in [2.24, 2.45) is 0 Å². The third-order valence-corrected chi connectivity index (χ3v) is 2.74. The first-order chi connectivity index (χ1) is 9.66. The fraction of sp³-hybridized carbons (Fsp3) is 0.200. The number of hydrogen-bond donors (Lipinski definition) is 0. The number of aromatic nitrogens is 1. The molecule has 0 amide bonds. The standard InChI is InChI=1S/C15H13F2NO2/c16-12-3-4-13(14(17)10-12)15(19)20-9-1-2-11-5-7-18-8-6-11/h3-8,10H,1-2,9H2. The van der Waals surface area contributed by atoms with E-state index in [9.17, 15) is 13.6 Å². The van der Waals surface area contributed by atoms with Crippen molar-refractivity contribution in [3.8, 4) is 0 Å². The van der Waals surface area contributed by atoms with Crippen LogP contribution in [-0.2, 0) is 11.2 Å². The van der Waals surface area contributed by atoms with Crippen molar-refractivity contribution >= 4 is 5.97 Å². The van der Waals surface area contributed by atoms with Crippen molar-refractivity contribution in [2.75, 3.05) is 6.61 Å². The number of esters is 1. The summed E-state index contributed by atoms with van der Waals surface area (Å²) in [6.07, 6.45) is 4.74. The molecule has 0 fully saturated rings. The molecule has 2 aromatic rings. The number of carbonyl (C=O) groups excluding carboxylic acids is 1. The summed E-state index contributed by atoms with van der Waals surface area (Å²) >= 11 is 0. The predicted molar refractivity (Wildman–Crippen MR) is 69.2 cm³/mol. The Balaban J connectivity index is 1.80. The Morgan fingerprint density at radius 1 is 1.15 bits per heavy atom. The fourth-order valence-electron chi connectivity index (χ4n) is 1.72. The molecule has 5 heteroatoms. The molecule has 0 saturated heterocycles. The van der Waals surface area contributed by atoms with Crippen molar-refractivity contribution < 1.29 is 18.3 Å². The summed E-state index contributed by atoms with van der Waals surface area (Å²) in [7, 11) is 0. The van der Waals surface area contributed by atoms with Gasteiger partial charge < -0.3 is 4.74 Å². The molecule has 0 aliphatic carbocycles. The van der Waals surface area contributed by atoms with Gasteiger partial charge in [0.1, 0.15) is 11.6 Å². The van der Waals surface area contributed by atoms with Crippen LogP contribution in [0.2, 0.25) is 0 Å². The normalized spacial score (nSPS) is 10.3. The van der Waals surface area contributed by atoms with Crippen LogP contribution in [0.5, 0.6) is 0 Å². The van der Waals surface area contributed by atoms with Crippen molar-refractivity contribution in [1.29, 1.82) is 0 Å². The van der Waals surface area contributed by atoms with Gasteiger partial charge in [0.05, 0.1) is 12.2 Å². The van der Waals surface area contributed by atoms with Gasteiger partial charge in [0.15, 0.2) is 0 Å². The number of carbonyl (C=O) groups is 1. The highest BCUT2D eigenvalue weighted by Gasteiger charge is 2.13. The zero-order valence-corrected chi connectivity index (χ0v) is 10.7. The highest BCUT2D eigenvalue weighted by atomic mass is 19.1. The smallest absolute Gasteiger partial charge is 0.341 e. The Bertz CT molecular complexity index is 588. The first-order valence-electron chi connectivity index (χ1n) is 6.18. The quantitative estimate of drug-likeness (QED) is 0.622. The van der Waals surface area contributed by atoms with Gasteiger partial charge in [0, 0.05) is 18.5 Å². The second kappa shape index (κ2) is 6.75. The molecule has 0 atom stereocenters. The summed E-state index contributed by atoms with van der Waals surface area (Å²) in [5, 5.41) is 0. The van der Waals surface area contributed by atoms with E-state index in [2.05, 4.69) is 4.98 Å². The molecule has 0 spiro atoms. The molecule has 0 N–H and O–H groups in total. The van der Waals surface area contributed by atoms with Crippen LogP contribution in [0.4, 0.5) is 8.78 Å². The number of hydrogen-bond acceptors (Lipinski definition) is 3. The van der Waals surface area contributed by atoms with Crippen LogP contribution in [0, 0.1) is 11.6 Å². The number of pyridine rings is 1. The maximum absolute atomic E-state index is 13.3. The second-order valence-electron chi connectivity index (χ2n) is 4.22. The van der Waals surface area contributed by atoms with Gasteiger partial charge in [0.25, 0.3) is 0 Å². The van der Waals surface area contributed by atoms with E-state index in [-0.39, 0.29) is 12.2 Å². The first-order valence-corrected chi connectivity index (χ1v) is 6.18. The van der Waals surface area contributed by atoms with Gasteiger partial charge >= 0.3 is 5.97 Å². The lowest BCUT2D eigenvalue weighted by Crippen LogP contribution is -2.09. The third kappa shape index (κ3) is 3.85. The minimum absolute atomic E-state index is 0.179.